The number of anilines is 1. The summed E-state index contributed by atoms with van der Waals surface area (Å²) in [7, 11) is 0. The van der Waals surface area contributed by atoms with E-state index in [9.17, 15) is 4.79 Å². The summed E-state index contributed by atoms with van der Waals surface area (Å²) < 4.78 is 12.1. The fourth-order valence-electron chi connectivity index (χ4n) is 3.77. The first kappa shape index (κ1) is 17.8. The Labute approximate surface area is 160 Å². The van der Waals surface area contributed by atoms with Crippen LogP contribution in [0.4, 0.5) is 5.95 Å². The lowest BCUT2D eigenvalue weighted by Gasteiger charge is -2.36. The molecule has 1 saturated heterocycles. The van der Waals surface area contributed by atoms with Gasteiger partial charge in [0.1, 0.15) is 5.76 Å². The molecule has 2 aliphatic rings. The molecule has 0 aliphatic carbocycles. The normalized spacial score (nSPS) is 23.9. The smallest absolute Gasteiger partial charge is 0.255 e. The third-order valence-corrected chi connectivity index (χ3v) is 5.29. The van der Waals surface area contributed by atoms with E-state index >= 15 is 0 Å². The Morgan fingerprint density at radius 2 is 2.08 bits per heavy atom. The molecule has 0 bridgehead atoms. The number of furan rings is 1. The molecule has 26 heavy (non-hydrogen) atoms. The maximum Gasteiger partial charge on any atom is 0.255 e. The van der Waals surface area contributed by atoms with Gasteiger partial charge >= 0.3 is 0 Å². The first-order valence-electron chi connectivity index (χ1n) is 8.97. The van der Waals surface area contributed by atoms with Crippen LogP contribution in [0.25, 0.3) is 0 Å². The van der Waals surface area contributed by atoms with Crippen LogP contribution in [0.1, 0.15) is 30.9 Å². The van der Waals surface area contributed by atoms with E-state index < -0.39 is 0 Å². The van der Waals surface area contributed by atoms with Gasteiger partial charge in [-0.3, -0.25) is 14.7 Å². The number of hydrogen-bond donors (Lipinski definition) is 1. The third kappa shape index (κ3) is 3.72. The molecule has 7 nitrogen and oxygen atoms in total. The zero-order chi connectivity index (χ0) is 18.3. The number of aromatic amines is 1. The van der Waals surface area contributed by atoms with Crippen LogP contribution in [0.15, 0.2) is 26.0 Å². The van der Waals surface area contributed by atoms with Crippen molar-refractivity contribution in [2.45, 2.75) is 45.6 Å². The van der Waals surface area contributed by atoms with Crippen LogP contribution in [0.3, 0.4) is 0 Å². The predicted molar refractivity (Wildman–Crippen MR) is 101 cm³/mol. The summed E-state index contributed by atoms with van der Waals surface area (Å²) >= 11 is 3.34. The Morgan fingerprint density at radius 3 is 2.77 bits per heavy atom. The van der Waals surface area contributed by atoms with Gasteiger partial charge in [-0.1, -0.05) is 0 Å². The van der Waals surface area contributed by atoms with E-state index in [0.717, 1.165) is 41.3 Å². The molecule has 2 aliphatic heterocycles. The summed E-state index contributed by atoms with van der Waals surface area (Å²) in [6.45, 7) is 7.73. The minimum atomic E-state index is -0.0165. The van der Waals surface area contributed by atoms with Gasteiger partial charge in [-0.25, -0.2) is 4.98 Å². The lowest BCUT2D eigenvalue weighted by atomic mass is 10.1. The molecule has 2 aromatic heterocycles. The second kappa shape index (κ2) is 7.17. The van der Waals surface area contributed by atoms with Crippen LogP contribution in [0.2, 0.25) is 0 Å². The van der Waals surface area contributed by atoms with Gasteiger partial charge in [0.05, 0.1) is 24.4 Å². The van der Waals surface area contributed by atoms with Crippen molar-refractivity contribution >= 4 is 21.9 Å². The molecule has 4 rings (SSSR count). The lowest BCUT2D eigenvalue weighted by Crippen LogP contribution is -2.47. The molecule has 4 heterocycles. The molecule has 0 amide bonds. The number of morpholine rings is 1. The van der Waals surface area contributed by atoms with Crippen molar-refractivity contribution in [2.75, 3.05) is 24.5 Å². The molecule has 1 N–H and O–H groups in total. The Hall–Kier alpha value is -1.64. The maximum absolute atomic E-state index is 12.6. The van der Waals surface area contributed by atoms with Crippen molar-refractivity contribution in [3.8, 4) is 0 Å². The fraction of sp³-hybridized carbons (Fsp3) is 0.556. The van der Waals surface area contributed by atoms with Crippen molar-refractivity contribution < 1.29 is 9.15 Å². The second-order valence-corrected chi connectivity index (χ2v) is 7.93. The van der Waals surface area contributed by atoms with Gasteiger partial charge in [0.15, 0.2) is 4.67 Å². The minimum Gasteiger partial charge on any atom is -0.453 e. The molecule has 0 unspecified atom stereocenters. The molecule has 1 fully saturated rings. The van der Waals surface area contributed by atoms with Crippen LogP contribution in [-0.4, -0.2) is 46.7 Å². The van der Waals surface area contributed by atoms with E-state index in [4.69, 9.17) is 14.1 Å². The van der Waals surface area contributed by atoms with Crippen LogP contribution in [0, 0.1) is 0 Å². The molecular formula is C18H23BrN4O3. The van der Waals surface area contributed by atoms with E-state index in [1.165, 1.54) is 0 Å². The van der Waals surface area contributed by atoms with Gasteiger partial charge < -0.3 is 14.1 Å². The van der Waals surface area contributed by atoms with Crippen LogP contribution in [0.5, 0.6) is 0 Å². The molecule has 140 valence electrons. The van der Waals surface area contributed by atoms with Crippen molar-refractivity contribution in [3.05, 3.63) is 44.2 Å². The Bertz CT molecular complexity index is 839. The van der Waals surface area contributed by atoms with Gasteiger partial charge in [0.2, 0.25) is 5.95 Å². The number of aromatic nitrogens is 2. The van der Waals surface area contributed by atoms with E-state index in [1.807, 2.05) is 26.0 Å². The van der Waals surface area contributed by atoms with E-state index in [2.05, 4.69) is 30.7 Å². The van der Waals surface area contributed by atoms with Crippen LogP contribution >= 0.6 is 15.9 Å². The highest BCUT2D eigenvalue weighted by molar-refractivity contribution is 9.10. The monoisotopic (exact) mass is 422 g/mol. The number of hydrogen-bond acceptors (Lipinski definition) is 6. The second-order valence-electron chi connectivity index (χ2n) is 7.14. The Balaban J connectivity index is 1.55. The van der Waals surface area contributed by atoms with Gasteiger partial charge in [-0.05, 0) is 48.3 Å². The molecule has 0 saturated carbocycles. The zero-order valence-corrected chi connectivity index (χ0v) is 16.6. The molecule has 2 atom stereocenters. The Morgan fingerprint density at radius 1 is 1.31 bits per heavy atom. The largest absolute Gasteiger partial charge is 0.453 e. The van der Waals surface area contributed by atoms with Crippen molar-refractivity contribution in [3.63, 3.8) is 0 Å². The highest BCUT2D eigenvalue weighted by Crippen LogP contribution is 2.22. The quantitative estimate of drug-likeness (QED) is 0.817. The zero-order valence-electron chi connectivity index (χ0n) is 15.0. The van der Waals surface area contributed by atoms with Crippen molar-refractivity contribution in [1.29, 1.82) is 0 Å². The summed E-state index contributed by atoms with van der Waals surface area (Å²) in [4.78, 5) is 24.7. The molecule has 2 aromatic rings. The predicted octanol–water partition coefficient (Wildman–Crippen LogP) is 2.30. The fourth-order valence-corrected chi connectivity index (χ4v) is 4.11. The summed E-state index contributed by atoms with van der Waals surface area (Å²) in [5.41, 5.74) is 1.66. The number of nitrogens with one attached hydrogen (secondary N) is 1. The standard InChI is InChI=1S/C18H23BrN4O3/c1-11-7-23(8-12(2)25-11)18-20-15-10-22(6-5-14(15)17(24)21-18)9-13-3-4-16(19)26-13/h3-4,11-12H,5-10H2,1-2H3,(H,20,21,24)/t11-,12-/m0/s1. The SMILES string of the molecule is C[C@H]1CN(c2nc3c(c(=O)[nH]2)CCN(Cc2ccc(Br)o2)C3)C[C@H](C)O1. The highest BCUT2D eigenvalue weighted by Gasteiger charge is 2.27. The minimum absolute atomic E-state index is 0.0165. The number of fused-ring (bicyclic) bond motifs is 1. The van der Waals surface area contributed by atoms with Gasteiger partial charge in [-0.15, -0.1) is 0 Å². The van der Waals surface area contributed by atoms with Crippen LogP contribution in [-0.2, 0) is 24.2 Å². The summed E-state index contributed by atoms with van der Waals surface area (Å²) in [5.74, 6) is 1.56. The number of H-pyrrole nitrogens is 1. The molecule has 0 aromatic carbocycles. The number of halogens is 1. The molecule has 0 spiro atoms. The summed E-state index contributed by atoms with van der Waals surface area (Å²) in [6, 6.07) is 3.86. The van der Waals surface area contributed by atoms with E-state index in [1.54, 1.807) is 0 Å². The Kier molecular flexibility index (Phi) is 4.90. The van der Waals surface area contributed by atoms with Crippen LogP contribution < -0.4 is 10.5 Å². The highest BCUT2D eigenvalue weighted by atomic mass is 79.9. The van der Waals surface area contributed by atoms with Crippen molar-refractivity contribution in [2.24, 2.45) is 0 Å². The number of ether oxygens (including phenoxy) is 1. The lowest BCUT2D eigenvalue weighted by molar-refractivity contribution is -0.00576. The summed E-state index contributed by atoms with van der Waals surface area (Å²) in [5, 5.41) is 0. The van der Waals surface area contributed by atoms with E-state index in [-0.39, 0.29) is 17.8 Å². The third-order valence-electron chi connectivity index (χ3n) is 4.87. The number of rotatable bonds is 3. The molecule has 0 radical (unpaired) electrons. The topological polar surface area (TPSA) is 74.6 Å². The molecular weight excluding hydrogens is 400 g/mol. The molecule has 8 heteroatoms. The average Bonchev–Trinajstić information content (AvgIpc) is 2.98. The van der Waals surface area contributed by atoms with Gasteiger partial charge in [-0.2, -0.15) is 0 Å². The van der Waals surface area contributed by atoms with E-state index in [0.29, 0.717) is 25.5 Å². The first-order chi connectivity index (χ1) is 12.5. The average molecular weight is 423 g/mol. The number of nitrogens with zero attached hydrogens (tertiary/aromatic N) is 3. The van der Waals surface area contributed by atoms with Crippen molar-refractivity contribution in [1.82, 2.24) is 14.9 Å². The maximum atomic E-state index is 12.6. The summed E-state index contributed by atoms with van der Waals surface area (Å²) in [6.07, 6.45) is 0.943. The first-order valence-corrected chi connectivity index (χ1v) is 9.76. The van der Waals surface area contributed by atoms with Gasteiger partial charge in [0.25, 0.3) is 5.56 Å². The van der Waals surface area contributed by atoms with Gasteiger partial charge in [0, 0.05) is 31.7 Å².